The first-order valence-corrected chi connectivity index (χ1v) is 8.79. The molecule has 2 aliphatic heterocycles. The van der Waals surface area contributed by atoms with E-state index >= 15 is 0 Å². The van der Waals surface area contributed by atoms with Gasteiger partial charge < -0.3 is 10.1 Å². The van der Waals surface area contributed by atoms with Gasteiger partial charge in [0.2, 0.25) is 0 Å². The first kappa shape index (κ1) is 13.4. The first-order chi connectivity index (χ1) is 10.4. The van der Waals surface area contributed by atoms with E-state index in [0.29, 0.717) is 12.0 Å². The SMILES string of the molecule is CCc1ccc2c(c1)[C@H]1OCCC[C@H]1[C@H](c1cccs1)N2. The molecule has 2 nitrogen and oxygen atoms in total. The fourth-order valence-electron chi connectivity index (χ4n) is 3.69. The summed E-state index contributed by atoms with van der Waals surface area (Å²) in [6.45, 7) is 3.11. The van der Waals surface area contributed by atoms with Gasteiger partial charge in [-0.3, -0.25) is 0 Å². The summed E-state index contributed by atoms with van der Waals surface area (Å²) in [4.78, 5) is 1.43. The number of aryl methyl sites for hydroxylation is 1. The Morgan fingerprint density at radius 2 is 2.29 bits per heavy atom. The normalized spacial score (nSPS) is 27.6. The monoisotopic (exact) mass is 299 g/mol. The average molecular weight is 299 g/mol. The van der Waals surface area contributed by atoms with Crippen LogP contribution in [0.15, 0.2) is 35.7 Å². The summed E-state index contributed by atoms with van der Waals surface area (Å²) < 4.78 is 6.20. The molecule has 2 aromatic rings. The fraction of sp³-hybridized carbons (Fsp3) is 0.444. The Hall–Kier alpha value is -1.32. The molecule has 0 unspecified atom stereocenters. The van der Waals surface area contributed by atoms with E-state index in [2.05, 4.69) is 48.0 Å². The van der Waals surface area contributed by atoms with Crippen LogP contribution in [0.4, 0.5) is 5.69 Å². The van der Waals surface area contributed by atoms with Gasteiger partial charge in [0, 0.05) is 28.7 Å². The number of fused-ring (bicyclic) bond motifs is 3. The molecule has 2 aliphatic rings. The Kier molecular flexibility index (Phi) is 3.48. The summed E-state index contributed by atoms with van der Waals surface area (Å²) in [6, 6.07) is 11.6. The summed E-state index contributed by atoms with van der Waals surface area (Å²) in [5, 5.41) is 5.95. The molecule has 1 N–H and O–H groups in total. The van der Waals surface area contributed by atoms with Crippen molar-refractivity contribution < 1.29 is 4.74 Å². The van der Waals surface area contributed by atoms with Gasteiger partial charge in [-0.2, -0.15) is 0 Å². The summed E-state index contributed by atoms with van der Waals surface area (Å²) in [6.07, 6.45) is 3.76. The Morgan fingerprint density at radius 1 is 1.33 bits per heavy atom. The van der Waals surface area contributed by atoms with E-state index in [0.717, 1.165) is 13.0 Å². The van der Waals surface area contributed by atoms with Crippen molar-refractivity contribution in [2.75, 3.05) is 11.9 Å². The second-order valence-corrected chi connectivity index (χ2v) is 6.99. The van der Waals surface area contributed by atoms with Crippen LogP contribution in [0.3, 0.4) is 0 Å². The molecule has 21 heavy (non-hydrogen) atoms. The zero-order valence-electron chi connectivity index (χ0n) is 12.3. The zero-order valence-corrected chi connectivity index (χ0v) is 13.2. The van der Waals surface area contributed by atoms with Crippen LogP contribution in [0.2, 0.25) is 0 Å². The van der Waals surface area contributed by atoms with Gasteiger partial charge in [-0.05, 0) is 42.3 Å². The lowest BCUT2D eigenvalue weighted by Gasteiger charge is -2.43. The molecule has 1 fully saturated rings. The van der Waals surface area contributed by atoms with Gasteiger partial charge in [-0.25, -0.2) is 0 Å². The van der Waals surface area contributed by atoms with Crippen LogP contribution >= 0.6 is 11.3 Å². The number of nitrogens with one attached hydrogen (secondary N) is 1. The highest BCUT2D eigenvalue weighted by Crippen LogP contribution is 2.49. The molecule has 0 bridgehead atoms. The molecule has 0 amide bonds. The minimum atomic E-state index is 0.258. The smallest absolute Gasteiger partial charge is 0.0896 e. The van der Waals surface area contributed by atoms with Crippen molar-refractivity contribution in [1.29, 1.82) is 0 Å². The number of rotatable bonds is 2. The molecule has 3 heteroatoms. The van der Waals surface area contributed by atoms with Crippen molar-refractivity contribution in [3.63, 3.8) is 0 Å². The van der Waals surface area contributed by atoms with Crippen molar-refractivity contribution >= 4 is 17.0 Å². The maximum Gasteiger partial charge on any atom is 0.0896 e. The van der Waals surface area contributed by atoms with E-state index in [1.54, 1.807) is 0 Å². The Morgan fingerprint density at radius 3 is 3.10 bits per heavy atom. The second kappa shape index (κ2) is 5.47. The lowest BCUT2D eigenvalue weighted by molar-refractivity contribution is -0.0378. The number of ether oxygens (including phenoxy) is 1. The van der Waals surface area contributed by atoms with Crippen molar-refractivity contribution in [3.8, 4) is 0 Å². The van der Waals surface area contributed by atoms with Crippen LogP contribution in [0, 0.1) is 5.92 Å². The third kappa shape index (κ3) is 2.29. The predicted octanol–water partition coefficient (Wildman–Crippen LogP) is 4.95. The summed E-state index contributed by atoms with van der Waals surface area (Å²) in [5.74, 6) is 0.553. The molecule has 3 atom stereocenters. The van der Waals surface area contributed by atoms with Crippen LogP contribution in [-0.2, 0) is 11.2 Å². The molecule has 0 spiro atoms. The topological polar surface area (TPSA) is 21.3 Å². The number of hydrogen-bond donors (Lipinski definition) is 1. The van der Waals surface area contributed by atoms with Crippen LogP contribution in [0.25, 0.3) is 0 Å². The average Bonchev–Trinajstić information content (AvgIpc) is 3.08. The Balaban J connectivity index is 1.77. The lowest BCUT2D eigenvalue weighted by Crippen LogP contribution is -2.35. The molecular formula is C18H21NOS. The third-order valence-electron chi connectivity index (χ3n) is 4.79. The molecule has 0 aliphatic carbocycles. The fourth-order valence-corrected chi connectivity index (χ4v) is 4.54. The standard InChI is InChI=1S/C18H21NOS/c1-2-12-7-8-15-14(11-12)18-13(5-3-9-20-18)17(19-15)16-6-4-10-21-16/h4,6-8,10-11,13,17-19H,2-3,5,9H2,1H3/t13-,17+,18-/m0/s1. The molecule has 3 heterocycles. The van der Waals surface area contributed by atoms with E-state index in [4.69, 9.17) is 4.74 Å². The van der Waals surface area contributed by atoms with Gasteiger partial charge in [0.15, 0.2) is 0 Å². The van der Waals surface area contributed by atoms with Crippen LogP contribution < -0.4 is 5.32 Å². The quantitative estimate of drug-likeness (QED) is 0.847. The Labute approximate surface area is 130 Å². The van der Waals surface area contributed by atoms with Gasteiger partial charge in [0.05, 0.1) is 12.1 Å². The van der Waals surface area contributed by atoms with Gasteiger partial charge in [-0.1, -0.05) is 25.1 Å². The maximum absolute atomic E-state index is 6.20. The molecular weight excluding hydrogens is 278 g/mol. The van der Waals surface area contributed by atoms with E-state index in [1.807, 2.05) is 11.3 Å². The van der Waals surface area contributed by atoms with Crippen molar-refractivity contribution in [2.24, 2.45) is 5.92 Å². The van der Waals surface area contributed by atoms with Gasteiger partial charge in [-0.15, -0.1) is 11.3 Å². The summed E-state index contributed by atoms with van der Waals surface area (Å²) in [5.41, 5.74) is 4.03. The highest BCUT2D eigenvalue weighted by Gasteiger charge is 2.40. The van der Waals surface area contributed by atoms with Crippen LogP contribution in [0.5, 0.6) is 0 Å². The van der Waals surface area contributed by atoms with Crippen molar-refractivity contribution in [2.45, 2.75) is 38.3 Å². The highest BCUT2D eigenvalue weighted by atomic mass is 32.1. The predicted molar refractivity (Wildman–Crippen MR) is 87.9 cm³/mol. The second-order valence-electron chi connectivity index (χ2n) is 6.01. The Bertz CT molecular complexity index is 622. The molecule has 0 saturated carbocycles. The molecule has 110 valence electrons. The third-order valence-corrected chi connectivity index (χ3v) is 5.74. The number of benzene rings is 1. The van der Waals surface area contributed by atoms with Crippen molar-refractivity contribution in [1.82, 2.24) is 0 Å². The highest BCUT2D eigenvalue weighted by molar-refractivity contribution is 7.10. The number of anilines is 1. The first-order valence-electron chi connectivity index (χ1n) is 7.91. The van der Waals surface area contributed by atoms with E-state index < -0.39 is 0 Å². The number of thiophene rings is 1. The van der Waals surface area contributed by atoms with Crippen LogP contribution in [-0.4, -0.2) is 6.61 Å². The largest absolute Gasteiger partial charge is 0.377 e. The molecule has 1 aromatic heterocycles. The molecule has 1 aromatic carbocycles. The summed E-state index contributed by atoms with van der Waals surface area (Å²) >= 11 is 1.85. The van der Waals surface area contributed by atoms with E-state index in [1.165, 1.54) is 34.5 Å². The minimum Gasteiger partial charge on any atom is -0.377 e. The molecule has 1 saturated heterocycles. The minimum absolute atomic E-state index is 0.258. The summed E-state index contributed by atoms with van der Waals surface area (Å²) in [7, 11) is 0. The lowest BCUT2D eigenvalue weighted by atomic mass is 9.79. The van der Waals surface area contributed by atoms with Gasteiger partial charge in [0.25, 0.3) is 0 Å². The van der Waals surface area contributed by atoms with E-state index in [-0.39, 0.29) is 6.10 Å². The van der Waals surface area contributed by atoms with Gasteiger partial charge in [0.1, 0.15) is 0 Å². The van der Waals surface area contributed by atoms with Crippen LogP contribution in [0.1, 0.15) is 47.9 Å². The van der Waals surface area contributed by atoms with Gasteiger partial charge >= 0.3 is 0 Å². The van der Waals surface area contributed by atoms with E-state index in [9.17, 15) is 0 Å². The zero-order chi connectivity index (χ0) is 14.2. The van der Waals surface area contributed by atoms with Crippen molar-refractivity contribution in [3.05, 3.63) is 51.7 Å². The number of hydrogen-bond acceptors (Lipinski definition) is 3. The molecule has 0 radical (unpaired) electrons. The molecule has 4 rings (SSSR count). The maximum atomic E-state index is 6.20.